The van der Waals surface area contributed by atoms with Crippen LogP contribution < -0.4 is 0 Å². The van der Waals surface area contributed by atoms with E-state index in [0.717, 1.165) is 141 Å². The van der Waals surface area contributed by atoms with Crippen LogP contribution in [0.3, 0.4) is 0 Å². The van der Waals surface area contributed by atoms with Crippen molar-refractivity contribution in [2.75, 3.05) is 13.2 Å². The second-order valence-corrected chi connectivity index (χ2v) is 18.4. The summed E-state index contributed by atoms with van der Waals surface area (Å²) >= 11 is 0. The summed E-state index contributed by atoms with van der Waals surface area (Å²) in [6.07, 6.45) is 97.0. The maximum Gasteiger partial charge on any atom is 0.309 e. The third-order valence-electron chi connectivity index (χ3n) is 11.3. The lowest BCUT2D eigenvalue weighted by atomic mass is 10.1. The van der Waals surface area contributed by atoms with Gasteiger partial charge in [-0.15, -0.1) is 0 Å². The molecular weight excluding hydrogens is 949 g/mol. The summed E-state index contributed by atoms with van der Waals surface area (Å²) in [6, 6.07) is 0. The monoisotopic (exact) mass is 1050 g/mol. The molecule has 1 atom stereocenters. The summed E-state index contributed by atoms with van der Waals surface area (Å²) in [5.41, 5.74) is 0. The van der Waals surface area contributed by atoms with Gasteiger partial charge in [-0.25, -0.2) is 0 Å². The van der Waals surface area contributed by atoms with Gasteiger partial charge in [0.25, 0.3) is 0 Å². The summed E-state index contributed by atoms with van der Waals surface area (Å²) in [5.74, 6) is -1.16. The Labute approximate surface area is 470 Å². The van der Waals surface area contributed by atoms with E-state index in [2.05, 4.69) is 215 Å². The minimum Gasteiger partial charge on any atom is -0.462 e. The zero-order valence-electron chi connectivity index (χ0n) is 48.4. The van der Waals surface area contributed by atoms with Crippen LogP contribution in [-0.4, -0.2) is 37.2 Å². The summed E-state index contributed by atoms with van der Waals surface area (Å²) in [7, 11) is 0. The molecule has 0 amide bonds. The van der Waals surface area contributed by atoms with Crippen molar-refractivity contribution < 1.29 is 28.6 Å². The van der Waals surface area contributed by atoms with E-state index in [-0.39, 0.29) is 44.4 Å². The second kappa shape index (κ2) is 62.5. The van der Waals surface area contributed by atoms with Crippen LogP contribution >= 0.6 is 0 Å². The molecule has 0 aliphatic heterocycles. The molecule has 0 aromatic heterocycles. The maximum absolute atomic E-state index is 12.9. The molecule has 0 spiro atoms. The van der Waals surface area contributed by atoms with Crippen molar-refractivity contribution in [2.45, 2.75) is 207 Å². The van der Waals surface area contributed by atoms with Crippen LogP contribution in [0.25, 0.3) is 0 Å². The molecule has 0 aliphatic rings. The zero-order valence-corrected chi connectivity index (χ0v) is 48.4. The molecule has 0 saturated carbocycles. The number of unbranched alkanes of at least 4 members (excludes halogenated alkanes) is 6. The van der Waals surface area contributed by atoms with Crippen LogP contribution in [0.5, 0.6) is 0 Å². The molecule has 0 saturated heterocycles. The Kier molecular flexibility index (Phi) is 57.6. The van der Waals surface area contributed by atoms with Crippen molar-refractivity contribution in [1.82, 2.24) is 0 Å². The standard InChI is InChI=1S/C71H104O6/c1-4-7-10-13-16-19-22-25-28-30-32-33-34-35-36-37-39-40-43-46-49-52-55-58-61-64-70(73)76-67-68(66-75-69(72)63-60-57-54-51-48-45-42-27-24-21-18-15-12-9-6-3)77-71(74)65-62-59-56-53-50-47-44-41-38-31-29-26-23-20-17-14-11-8-5-2/h7-12,16-21,25-29,32-33,35-36,38-42,46-51,57,60,68H,4-6,13-15,22-24,30-31,34,37,43-45,52-56,58-59,61-67H2,1-3H3/b10-7-,11-8-,12-9-,19-16-,20-17-,21-18-,28-25-,29-26-,33-32-,36-35-,40-39-,41-38-,42-27-,49-46-,50-47-,51-48-,60-57-. The molecular formula is C71H104O6. The number of hydrogen-bond acceptors (Lipinski definition) is 6. The van der Waals surface area contributed by atoms with Crippen LogP contribution in [0, 0.1) is 0 Å². The Morgan fingerprint density at radius 2 is 0.519 bits per heavy atom. The van der Waals surface area contributed by atoms with Crippen LogP contribution in [0.4, 0.5) is 0 Å². The second-order valence-electron chi connectivity index (χ2n) is 18.4. The number of rotatable bonds is 50. The number of carbonyl (C=O) groups excluding carboxylic acids is 3. The van der Waals surface area contributed by atoms with E-state index in [0.29, 0.717) is 19.3 Å². The van der Waals surface area contributed by atoms with Gasteiger partial charge in [-0.2, -0.15) is 0 Å². The number of allylic oxidation sites excluding steroid dienone is 33. The van der Waals surface area contributed by atoms with Crippen molar-refractivity contribution >= 4 is 17.9 Å². The average molecular weight is 1050 g/mol. The first-order chi connectivity index (χ1) is 38.0. The van der Waals surface area contributed by atoms with E-state index < -0.39 is 12.1 Å². The molecule has 0 rings (SSSR count). The van der Waals surface area contributed by atoms with Crippen molar-refractivity contribution in [3.8, 4) is 0 Å². The smallest absolute Gasteiger partial charge is 0.309 e. The third kappa shape index (κ3) is 60.7. The number of hydrogen-bond donors (Lipinski definition) is 0. The van der Waals surface area contributed by atoms with Gasteiger partial charge in [0.05, 0.1) is 6.42 Å². The van der Waals surface area contributed by atoms with Crippen molar-refractivity contribution in [2.24, 2.45) is 0 Å². The molecule has 0 aliphatic carbocycles. The number of ether oxygens (including phenoxy) is 3. The lowest BCUT2D eigenvalue weighted by molar-refractivity contribution is -0.166. The zero-order chi connectivity index (χ0) is 55.7. The van der Waals surface area contributed by atoms with Gasteiger partial charge in [0.2, 0.25) is 0 Å². The van der Waals surface area contributed by atoms with E-state index in [1.807, 2.05) is 6.08 Å². The highest BCUT2D eigenvalue weighted by Gasteiger charge is 2.19. The molecule has 6 heteroatoms. The fourth-order valence-electron chi connectivity index (χ4n) is 6.99. The van der Waals surface area contributed by atoms with Crippen molar-refractivity contribution in [3.05, 3.63) is 207 Å². The topological polar surface area (TPSA) is 78.9 Å². The van der Waals surface area contributed by atoms with Gasteiger partial charge in [-0.1, -0.05) is 240 Å². The molecule has 0 bridgehead atoms. The summed E-state index contributed by atoms with van der Waals surface area (Å²) < 4.78 is 16.7. The molecule has 0 aromatic rings. The third-order valence-corrected chi connectivity index (χ3v) is 11.3. The average Bonchev–Trinajstić information content (AvgIpc) is 3.43. The van der Waals surface area contributed by atoms with Crippen LogP contribution in [-0.2, 0) is 28.6 Å². The van der Waals surface area contributed by atoms with E-state index in [4.69, 9.17) is 14.2 Å². The highest BCUT2D eigenvalue weighted by molar-refractivity contribution is 5.72. The van der Waals surface area contributed by atoms with E-state index in [9.17, 15) is 14.4 Å². The molecule has 0 heterocycles. The van der Waals surface area contributed by atoms with Crippen LogP contribution in [0.2, 0.25) is 0 Å². The van der Waals surface area contributed by atoms with E-state index >= 15 is 0 Å². The Balaban J connectivity index is 4.64. The molecule has 0 N–H and O–H groups in total. The minimum absolute atomic E-state index is 0.101. The highest BCUT2D eigenvalue weighted by Crippen LogP contribution is 2.10. The predicted octanol–water partition coefficient (Wildman–Crippen LogP) is 20.4. The van der Waals surface area contributed by atoms with Gasteiger partial charge in [-0.05, 0) is 148 Å². The number of esters is 3. The maximum atomic E-state index is 12.9. The Morgan fingerprint density at radius 3 is 0.818 bits per heavy atom. The largest absolute Gasteiger partial charge is 0.462 e. The SMILES string of the molecule is CC/C=C\C/C=C\C/C=C\C/C=C\C/C=C\C/C=C\C/C=C\CCCCCC(=O)OCC(COC(=O)C/C=C\C/C=C\C/C=C\C/C=C\C/C=C\CC)OC(=O)CCCCC/C=C\C/C=C\C/C=C\C/C=C\C/C=C\CC. The summed E-state index contributed by atoms with van der Waals surface area (Å²) in [4.78, 5) is 38.2. The Hall–Kier alpha value is -6.01. The molecule has 0 radical (unpaired) electrons. The molecule has 1 unspecified atom stereocenters. The fraction of sp³-hybridized carbons (Fsp3) is 0.479. The first-order valence-electron chi connectivity index (χ1n) is 29.6. The quantitative estimate of drug-likeness (QED) is 0.0261. The first-order valence-corrected chi connectivity index (χ1v) is 29.6. The first kappa shape index (κ1) is 71.0. The Bertz CT molecular complexity index is 1930. The summed E-state index contributed by atoms with van der Waals surface area (Å²) in [5, 5.41) is 0. The molecule has 0 aromatic carbocycles. The highest BCUT2D eigenvalue weighted by atomic mass is 16.6. The molecule has 424 valence electrons. The van der Waals surface area contributed by atoms with Crippen LogP contribution in [0.15, 0.2) is 207 Å². The predicted molar refractivity (Wildman–Crippen MR) is 333 cm³/mol. The van der Waals surface area contributed by atoms with Crippen molar-refractivity contribution in [3.63, 3.8) is 0 Å². The van der Waals surface area contributed by atoms with Gasteiger partial charge in [0.1, 0.15) is 13.2 Å². The lowest BCUT2D eigenvalue weighted by Gasteiger charge is -2.18. The van der Waals surface area contributed by atoms with E-state index in [1.165, 1.54) is 0 Å². The summed E-state index contributed by atoms with van der Waals surface area (Å²) in [6.45, 7) is 6.12. The molecule has 0 fully saturated rings. The fourth-order valence-corrected chi connectivity index (χ4v) is 6.99. The normalized spacial score (nSPS) is 13.6. The van der Waals surface area contributed by atoms with Crippen molar-refractivity contribution in [1.29, 1.82) is 0 Å². The molecule has 77 heavy (non-hydrogen) atoms. The van der Waals surface area contributed by atoms with E-state index in [1.54, 1.807) is 6.08 Å². The van der Waals surface area contributed by atoms with Crippen LogP contribution in [0.1, 0.15) is 201 Å². The van der Waals surface area contributed by atoms with Gasteiger partial charge < -0.3 is 14.2 Å². The molecule has 6 nitrogen and oxygen atoms in total. The van der Waals surface area contributed by atoms with Gasteiger partial charge in [0, 0.05) is 12.8 Å². The minimum atomic E-state index is -0.864. The van der Waals surface area contributed by atoms with Gasteiger partial charge in [0.15, 0.2) is 6.10 Å². The van der Waals surface area contributed by atoms with Gasteiger partial charge in [-0.3, -0.25) is 14.4 Å². The van der Waals surface area contributed by atoms with Gasteiger partial charge >= 0.3 is 17.9 Å². The number of carbonyl (C=O) groups is 3. The Morgan fingerprint density at radius 1 is 0.273 bits per heavy atom. The lowest BCUT2D eigenvalue weighted by Crippen LogP contribution is -2.30.